The van der Waals surface area contributed by atoms with Crippen molar-refractivity contribution in [1.29, 1.82) is 0 Å². The van der Waals surface area contributed by atoms with E-state index >= 15 is 0 Å². The van der Waals surface area contributed by atoms with Crippen LogP contribution in [-0.2, 0) is 4.79 Å². The van der Waals surface area contributed by atoms with E-state index in [9.17, 15) is 14.7 Å². The molecule has 0 unspecified atom stereocenters. The van der Waals surface area contributed by atoms with Gasteiger partial charge in [-0.3, -0.25) is 4.79 Å². The van der Waals surface area contributed by atoms with E-state index in [2.05, 4.69) is 15.9 Å². The summed E-state index contributed by atoms with van der Waals surface area (Å²) >= 11 is 3.32. The predicted molar refractivity (Wildman–Crippen MR) is 76.7 cm³/mol. The van der Waals surface area contributed by atoms with Crippen molar-refractivity contribution in [2.24, 2.45) is 0 Å². The number of carboxylic acid groups (broad SMARTS) is 1. The summed E-state index contributed by atoms with van der Waals surface area (Å²) in [6.07, 6.45) is 3.45. The van der Waals surface area contributed by atoms with Gasteiger partial charge in [0.2, 0.25) is 5.91 Å². The minimum absolute atomic E-state index is 0.0787. The minimum Gasteiger partial charge on any atom is -0.478 e. The van der Waals surface area contributed by atoms with Crippen LogP contribution in [0.25, 0.3) is 0 Å². The fourth-order valence-electron chi connectivity index (χ4n) is 2.40. The topological polar surface area (TPSA) is 57.6 Å². The van der Waals surface area contributed by atoms with Crippen LogP contribution in [0.3, 0.4) is 0 Å². The minimum atomic E-state index is -0.970. The maximum Gasteiger partial charge on any atom is 0.336 e. The maximum atomic E-state index is 12.1. The van der Waals surface area contributed by atoms with E-state index in [1.54, 1.807) is 17.9 Å². The zero-order valence-electron chi connectivity index (χ0n) is 10.8. The van der Waals surface area contributed by atoms with Crippen LogP contribution in [0.4, 0.5) is 5.69 Å². The summed E-state index contributed by atoms with van der Waals surface area (Å²) in [5, 5.41) is 9.21. The molecule has 5 heteroatoms. The Morgan fingerprint density at radius 3 is 2.74 bits per heavy atom. The van der Waals surface area contributed by atoms with E-state index in [1.807, 2.05) is 6.07 Å². The van der Waals surface area contributed by atoms with Gasteiger partial charge in [0.1, 0.15) is 0 Å². The molecule has 1 N–H and O–H groups in total. The Morgan fingerprint density at radius 1 is 1.32 bits per heavy atom. The van der Waals surface area contributed by atoms with E-state index in [4.69, 9.17) is 0 Å². The number of aromatic carboxylic acids is 1. The molecule has 102 valence electrons. The third-order valence-electron chi connectivity index (χ3n) is 3.44. The number of hydrogen-bond acceptors (Lipinski definition) is 2. The van der Waals surface area contributed by atoms with Crippen LogP contribution in [0.15, 0.2) is 16.6 Å². The molecule has 1 aromatic carbocycles. The van der Waals surface area contributed by atoms with E-state index in [1.165, 1.54) is 0 Å². The molecule has 0 spiro atoms. The van der Waals surface area contributed by atoms with Crippen molar-refractivity contribution in [3.63, 3.8) is 0 Å². The Morgan fingerprint density at radius 2 is 2.05 bits per heavy atom. The van der Waals surface area contributed by atoms with Crippen LogP contribution in [0, 0.1) is 6.92 Å². The molecule has 19 heavy (non-hydrogen) atoms. The quantitative estimate of drug-likeness (QED) is 0.907. The number of hydrogen-bond donors (Lipinski definition) is 1. The SMILES string of the molecule is Cc1c(C(=O)O)cc(Br)cc1N1CCCCCC1=O. The van der Waals surface area contributed by atoms with Crippen molar-refractivity contribution in [2.45, 2.75) is 32.6 Å². The number of halogens is 1. The van der Waals surface area contributed by atoms with Gasteiger partial charge in [-0.05, 0) is 37.5 Å². The van der Waals surface area contributed by atoms with Crippen LogP contribution in [0.5, 0.6) is 0 Å². The lowest BCUT2D eigenvalue weighted by atomic mass is 10.1. The Labute approximate surface area is 120 Å². The van der Waals surface area contributed by atoms with Crippen molar-refractivity contribution in [3.05, 3.63) is 27.7 Å². The normalized spacial score (nSPS) is 16.3. The second kappa shape index (κ2) is 5.74. The van der Waals surface area contributed by atoms with Crippen molar-refractivity contribution in [1.82, 2.24) is 0 Å². The largest absolute Gasteiger partial charge is 0.478 e. The number of benzene rings is 1. The van der Waals surface area contributed by atoms with E-state index in [0.717, 1.165) is 19.3 Å². The maximum absolute atomic E-state index is 12.1. The molecule has 0 saturated carbocycles. The number of carbonyl (C=O) groups excluding carboxylic acids is 1. The molecule has 0 aliphatic carbocycles. The fourth-order valence-corrected chi connectivity index (χ4v) is 2.85. The van der Waals surface area contributed by atoms with Gasteiger partial charge in [-0.15, -0.1) is 0 Å². The molecular weight excluding hydrogens is 310 g/mol. The Hall–Kier alpha value is -1.36. The van der Waals surface area contributed by atoms with Crippen LogP contribution >= 0.6 is 15.9 Å². The van der Waals surface area contributed by atoms with Gasteiger partial charge in [-0.2, -0.15) is 0 Å². The highest BCUT2D eigenvalue weighted by Crippen LogP contribution is 2.30. The predicted octanol–water partition coefficient (Wildman–Crippen LogP) is 3.36. The molecule has 0 bridgehead atoms. The highest BCUT2D eigenvalue weighted by atomic mass is 79.9. The summed E-state index contributed by atoms with van der Waals surface area (Å²) in [5.41, 5.74) is 1.59. The van der Waals surface area contributed by atoms with Crippen LogP contribution in [0.2, 0.25) is 0 Å². The third-order valence-corrected chi connectivity index (χ3v) is 3.90. The highest BCUT2D eigenvalue weighted by Gasteiger charge is 2.22. The first kappa shape index (κ1) is 14.1. The third kappa shape index (κ3) is 2.97. The highest BCUT2D eigenvalue weighted by molar-refractivity contribution is 9.10. The van der Waals surface area contributed by atoms with Crippen LogP contribution < -0.4 is 4.90 Å². The fraction of sp³-hybridized carbons (Fsp3) is 0.429. The molecule has 1 aromatic rings. The first-order chi connectivity index (χ1) is 9.00. The summed E-state index contributed by atoms with van der Waals surface area (Å²) in [4.78, 5) is 25.1. The van der Waals surface area contributed by atoms with E-state index < -0.39 is 5.97 Å². The summed E-state index contributed by atoms with van der Waals surface area (Å²) in [6, 6.07) is 3.40. The van der Waals surface area contributed by atoms with Crippen molar-refractivity contribution in [3.8, 4) is 0 Å². The Bertz CT molecular complexity index is 528. The average molecular weight is 326 g/mol. The number of nitrogens with zero attached hydrogens (tertiary/aromatic N) is 1. The van der Waals surface area contributed by atoms with E-state index in [-0.39, 0.29) is 11.5 Å². The van der Waals surface area contributed by atoms with Gasteiger partial charge in [0.25, 0.3) is 0 Å². The molecule has 0 aromatic heterocycles. The van der Waals surface area contributed by atoms with Gasteiger partial charge >= 0.3 is 5.97 Å². The van der Waals surface area contributed by atoms with Crippen LogP contribution in [0.1, 0.15) is 41.6 Å². The van der Waals surface area contributed by atoms with Crippen molar-refractivity contribution < 1.29 is 14.7 Å². The molecule has 1 fully saturated rings. The number of carbonyl (C=O) groups is 2. The molecule has 1 amide bonds. The molecule has 0 atom stereocenters. The van der Waals surface area contributed by atoms with Gasteiger partial charge in [0, 0.05) is 23.1 Å². The molecular formula is C14H16BrNO3. The number of anilines is 1. The zero-order valence-corrected chi connectivity index (χ0v) is 12.4. The molecule has 1 saturated heterocycles. The number of amides is 1. The smallest absolute Gasteiger partial charge is 0.336 e. The molecule has 4 nitrogen and oxygen atoms in total. The van der Waals surface area contributed by atoms with Gasteiger partial charge in [-0.1, -0.05) is 22.4 Å². The Balaban J connectivity index is 2.48. The molecule has 1 aliphatic rings. The monoisotopic (exact) mass is 325 g/mol. The second-order valence-electron chi connectivity index (χ2n) is 4.76. The molecule has 1 heterocycles. The van der Waals surface area contributed by atoms with Crippen LogP contribution in [-0.4, -0.2) is 23.5 Å². The lowest BCUT2D eigenvalue weighted by Crippen LogP contribution is -2.31. The zero-order chi connectivity index (χ0) is 14.0. The average Bonchev–Trinajstić information content (AvgIpc) is 2.56. The lowest BCUT2D eigenvalue weighted by Gasteiger charge is -2.24. The molecule has 2 rings (SSSR count). The van der Waals surface area contributed by atoms with Gasteiger partial charge in [0.05, 0.1) is 5.56 Å². The standard InChI is InChI=1S/C14H16BrNO3/c1-9-11(14(18)19)7-10(15)8-12(9)16-6-4-2-3-5-13(16)17/h7-8H,2-6H2,1H3,(H,18,19). The first-order valence-electron chi connectivity index (χ1n) is 6.34. The summed E-state index contributed by atoms with van der Waals surface area (Å²) < 4.78 is 0.683. The second-order valence-corrected chi connectivity index (χ2v) is 5.67. The van der Waals surface area contributed by atoms with Gasteiger partial charge < -0.3 is 10.0 Å². The molecule has 1 aliphatic heterocycles. The van der Waals surface area contributed by atoms with E-state index in [0.29, 0.717) is 28.7 Å². The van der Waals surface area contributed by atoms with Crippen molar-refractivity contribution >= 4 is 33.5 Å². The molecule has 0 radical (unpaired) electrons. The number of carboxylic acids is 1. The summed E-state index contributed by atoms with van der Waals surface area (Å²) in [7, 11) is 0. The summed E-state index contributed by atoms with van der Waals surface area (Å²) in [5.74, 6) is -0.891. The van der Waals surface area contributed by atoms with Gasteiger partial charge in [0.15, 0.2) is 0 Å². The first-order valence-corrected chi connectivity index (χ1v) is 7.14. The number of rotatable bonds is 2. The lowest BCUT2D eigenvalue weighted by molar-refractivity contribution is -0.118. The van der Waals surface area contributed by atoms with Crippen molar-refractivity contribution in [2.75, 3.05) is 11.4 Å². The van der Waals surface area contributed by atoms with Gasteiger partial charge in [-0.25, -0.2) is 4.79 Å². The summed E-state index contributed by atoms with van der Waals surface area (Å²) in [6.45, 7) is 2.42. The Kier molecular flexibility index (Phi) is 4.24.